The lowest BCUT2D eigenvalue weighted by Crippen LogP contribution is -2.29. The summed E-state index contributed by atoms with van der Waals surface area (Å²) in [5, 5.41) is 7.12. The number of amides is 1. The second kappa shape index (κ2) is 8.05. The third kappa shape index (κ3) is 5.01. The molecule has 0 aromatic carbocycles. The average Bonchev–Trinajstić information content (AvgIpc) is 2.79. The molecule has 102 valence electrons. The lowest BCUT2D eigenvalue weighted by molar-refractivity contribution is -0.118. The van der Waals surface area contributed by atoms with Gasteiger partial charge in [0.15, 0.2) is 5.13 Å². The maximum absolute atomic E-state index is 10.7. The zero-order valence-electron chi connectivity index (χ0n) is 11.3. The molecule has 1 heterocycles. The molecular weight excluding hydrogens is 248 g/mol. The van der Waals surface area contributed by atoms with Crippen molar-refractivity contribution >= 4 is 22.4 Å². The van der Waals surface area contributed by atoms with Crippen LogP contribution in [0.1, 0.15) is 25.6 Å². The minimum atomic E-state index is 0.0124. The number of nitrogens with zero attached hydrogens (tertiary/aromatic N) is 2. The summed E-state index contributed by atoms with van der Waals surface area (Å²) < 4.78 is 0. The van der Waals surface area contributed by atoms with Gasteiger partial charge in [-0.05, 0) is 13.8 Å². The SMILES string of the molecule is CCN(CC)c1ncc(CNCCNC(C)=O)s1. The fourth-order valence-electron chi connectivity index (χ4n) is 1.56. The number of hydrogen-bond donors (Lipinski definition) is 2. The Hall–Kier alpha value is -1.14. The smallest absolute Gasteiger partial charge is 0.216 e. The Morgan fingerprint density at radius 2 is 2.11 bits per heavy atom. The van der Waals surface area contributed by atoms with E-state index in [9.17, 15) is 4.79 Å². The molecule has 1 aromatic heterocycles. The molecule has 5 nitrogen and oxygen atoms in total. The molecule has 0 radical (unpaired) electrons. The topological polar surface area (TPSA) is 57.3 Å². The number of aromatic nitrogens is 1. The minimum Gasteiger partial charge on any atom is -0.355 e. The Balaban J connectivity index is 2.29. The molecule has 0 saturated heterocycles. The van der Waals surface area contributed by atoms with Crippen LogP contribution in [-0.4, -0.2) is 37.1 Å². The molecule has 18 heavy (non-hydrogen) atoms. The summed E-state index contributed by atoms with van der Waals surface area (Å²) in [7, 11) is 0. The summed E-state index contributed by atoms with van der Waals surface area (Å²) in [5.41, 5.74) is 0. The van der Waals surface area contributed by atoms with Gasteiger partial charge in [-0.25, -0.2) is 4.98 Å². The van der Waals surface area contributed by atoms with E-state index in [1.165, 1.54) is 11.8 Å². The van der Waals surface area contributed by atoms with Crippen molar-refractivity contribution in [3.05, 3.63) is 11.1 Å². The highest BCUT2D eigenvalue weighted by molar-refractivity contribution is 7.15. The third-order valence-electron chi connectivity index (χ3n) is 2.55. The second-order valence-electron chi connectivity index (χ2n) is 3.94. The predicted molar refractivity (Wildman–Crippen MR) is 76.1 cm³/mol. The molecule has 0 aliphatic carbocycles. The standard InChI is InChI=1S/C12H22N4OS/c1-4-16(5-2)12-15-9-11(18-12)8-13-6-7-14-10(3)17/h9,13H,4-8H2,1-3H3,(H,14,17). The maximum Gasteiger partial charge on any atom is 0.216 e. The highest BCUT2D eigenvalue weighted by atomic mass is 32.1. The first-order valence-electron chi connectivity index (χ1n) is 6.32. The molecule has 0 aliphatic rings. The molecule has 0 spiro atoms. The Morgan fingerprint density at radius 3 is 2.72 bits per heavy atom. The number of rotatable bonds is 8. The zero-order valence-corrected chi connectivity index (χ0v) is 12.1. The van der Waals surface area contributed by atoms with Crippen LogP contribution in [0.2, 0.25) is 0 Å². The van der Waals surface area contributed by atoms with Gasteiger partial charge in [0.05, 0.1) is 0 Å². The summed E-state index contributed by atoms with van der Waals surface area (Å²) in [4.78, 5) is 18.6. The lowest BCUT2D eigenvalue weighted by atomic mass is 10.5. The summed E-state index contributed by atoms with van der Waals surface area (Å²) in [6.07, 6.45) is 1.92. The first kappa shape index (κ1) is 14.9. The van der Waals surface area contributed by atoms with Crippen LogP contribution in [0.15, 0.2) is 6.20 Å². The van der Waals surface area contributed by atoms with E-state index in [1.54, 1.807) is 11.3 Å². The number of hydrogen-bond acceptors (Lipinski definition) is 5. The summed E-state index contributed by atoms with van der Waals surface area (Å²) in [6, 6.07) is 0. The van der Waals surface area contributed by atoms with Crippen molar-refractivity contribution in [2.24, 2.45) is 0 Å². The fraction of sp³-hybridized carbons (Fsp3) is 0.667. The van der Waals surface area contributed by atoms with Crippen molar-refractivity contribution in [3.8, 4) is 0 Å². The van der Waals surface area contributed by atoms with E-state index in [0.717, 1.165) is 31.3 Å². The number of carbonyl (C=O) groups is 1. The first-order chi connectivity index (χ1) is 8.67. The van der Waals surface area contributed by atoms with Gasteiger partial charge in [-0.3, -0.25) is 4.79 Å². The highest BCUT2D eigenvalue weighted by Gasteiger charge is 2.07. The Bertz CT molecular complexity index is 363. The van der Waals surface area contributed by atoms with Gasteiger partial charge in [0, 0.05) is 50.7 Å². The largest absolute Gasteiger partial charge is 0.355 e. The van der Waals surface area contributed by atoms with Crippen molar-refractivity contribution < 1.29 is 4.79 Å². The Morgan fingerprint density at radius 1 is 1.39 bits per heavy atom. The molecule has 0 atom stereocenters. The molecule has 0 unspecified atom stereocenters. The predicted octanol–water partition coefficient (Wildman–Crippen LogP) is 1.21. The van der Waals surface area contributed by atoms with Crippen LogP contribution in [0.25, 0.3) is 0 Å². The van der Waals surface area contributed by atoms with E-state index in [-0.39, 0.29) is 5.91 Å². The monoisotopic (exact) mass is 270 g/mol. The van der Waals surface area contributed by atoms with Gasteiger partial charge >= 0.3 is 0 Å². The van der Waals surface area contributed by atoms with Crippen LogP contribution < -0.4 is 15.5 Å². The van der Waals surface area contributed by atoms with Gasteiger partial charge in [0.1, 0.15) is 0 Å². The molecule has 2 N–H and O–H groups in total. The molecule has 0 bridgehead atoms. The maximum atomic E-state index is 10.7. The molecule has 1 rings (SSSR count). The average molecular weight is 270 g/mol. The first-order valence-corrected chi connectivity index (χ1v) is 7.13. The van der Waals surface area contributed by atoms with Crippen molar-refractivity contribution in [1.29, 1.82) is 0 Å². The van der Waals surface area contributed by atoms with E-state index < -0.39 is 0 Å². The van der Waals surface area contributed by atoms with E-state index >= 15 is 0 Å². The Labute approximate surface area is 113 Å². The van der Waals surface area contributed by atoms with Crippen molar-refractivity contribution in [2.75, 3.05) is 31.1 Å². The van der Waals surface area contributed by atoms with Crippen LogP contribution in [0.5, 0.6) is 0 Å². The van der Waals surface area contributed by atoms with Crippen LogP contribution in [0, 0.1) is 0 Å². The number of carbonyl (C=O) groups excluding carboxylic acids is 1. The molecule has 1 amide bonds. The second-order valence-corrected chi connectivity index (χ2v) is 5.03. The minimum absolute atomic E-state index is 0.0124. The van der Waals surface area contributed by atoms with Gasteiger partial charge in [-0.15, -0.1) is 11.3 Å². The van der Waals surface area contributed by atoms with Crippen LogP contribution in [0.3, 0.4) is 0 Å². The fourth-order valence-corrected chi connectivity index (χ4v) is 2.56. The van der Waals surface area contributed by atoms with Crippen LogP contribution in [0.4, 0.5) is 5.13 Å². The Kier molecular flexibility index (Phi) is 6.67. The molecular formula is C12H22N4OS. The lowest BCUT2D eigenvalue weighted by Gasteiger charge is -2.16. The van der Waals surface area contributed by atoms with Gasteiger partial charge in [0.2, 0.25) is 5.91 Å². The van der Waals surface area contributed by atoms with Gasteiger partial charge in [0.25, 0.3) is 0 Å². The van der Waals surface area contributed by atoms with Crippen molar-refractivity contribution in [2.45, 2.75) is 27.3 Å². The normalized spacial score (nSPS) is 10.4. The molecule has 1 aromatic rings. The number of nitrogens with one attached hydrogen (secondary N) is 2. The number of thiazole rings is 1. The van der Waals surface area contributed by atoms with Gasteiger partial charge in [-0.2, -0.15) is 0 Å². The van der Waals surface area contributed by atoms with Crippen molar-refractivity contribution in [3.63, 3.8) is 0 Å². The quantitative estimate of drug-likeness (QED) is 0.697. The molecule has 0 fully saturated rings. The highest BCUT2D eigenvalue weighted by Crippen LogP contribution is 2.21. The zero-order chi connectivity index (χ0) is 13.4. The van der Waals surface area contributed by atoms with Crippen molar-refractivity contribution in [1.82, 2.24) is 15.6 Å². The molecule has 0 aliphatic heterocycles. The summed E-state index contributed by atoms with van der Waals surface area (Å²) >= 11 is 1.72. The third-order valence-corrected chi connectivity index (χ3v) is 3.61. The summed E-state index contributed by atoms with van der Waals surface area (Å²) in [5.74, 6) is 0.0124. The molecule has 0 saturated carbocycles. The summed E-state index contributed by atoms with van der Waals surface area (Å²) in [6.45, 7) is 10.0. The van der Waals surface area contributed by atoms with E-state index in [2.05, 4.69) is 34.4 Å². The number of anilines is 1. The van der Waals surface area contributed by atoms with Crippen LogP contribution in [-0.2, 0) is 11.3 Å². The van der Waals surface area contributed by atoms with Gasteiger partial charge < -0.3 is 15.5 Å². The van der Waals surface area contributed by atoms with Gasteiger partial charge in [-0.1, -0.05) is 0 Å². The van der Waals surface area contributed by atoms with E-state index in [1.807, 2.05) is 6.20 Å². The van der Waals surface area contributed by atoms with E-state index in [0.29, 0.717) is 6.54 Å². The molecule has 6 heteroatoms. The van der Waals surface area contributed by atoms with E-state index in [4.69, 9.17) is 0 Å². The van der Waals surface area contributed by atoms with Crippen LogP contribution >= 0.6 is 11.3 Å².